The summed E-state index contributed by atoms with van der Waals surface area (Å²) in [6, 6.07) is 21.1. The summed E-state index contributed by atoms with van der Waals surface area (Å²) in [7, 11) is -2.66. The Kier molecular flexibility index (Phi) is 3.51. The van der Waals surface area contributed by atoms with E-state index < -0.39 is 27.3 Å². The lowest BCUT2D eigenvalue weighted by molar-refractivity contribution is -0.120. The molecule has 29 heavy (non-hydrogen) atoms. The van der Waals surface area contributed by atoms with E-state index in [0.717, 1.165) is 4.31 Å². The highest BCUT2D eigenvalue weighted by molar-refractivity contribution is 7.93. The number of likely N-dealkylation sites (N-methyl/N-ethyl adjacent to an activating group) is 1. The molecule has 1 atom stereocenters. The van der Waals surface area contributed by atoms with Gasteiger partial charge in [0, 0.05) is 23.9 Å². The van der Waals surface area contributed by atoms with Crippen molar-refractivity contribution in [1.82, 2.24) is 0 Å². The van der Waals surface area contributed by atoms with Gasteiger partial charge in [0.1, 0.15) is 0 Å². The molecule has 1 unspecified atom stereocenters. The van der Waals surface area contributed by atoms with Gasteiger partial charge in [-0.2, -0.15) is 0 Å². The number of Topliss-reactive ketones (excluding diaryl/α,β-unsaturated/α-hetero) is 1. The van der Waals surface area contributed by atoms with Crippen LogP contribution in [-0.2, 0) is 20.4 Å². The first-order chi connectivity index (χ1) is 13.9. The normalized spacial score (nSPS) is 20.3. The molecular weight excluding hydrogens is 388 g/mol. The zero-order chi connectivity index (χ0) is 20.4. The molecule has 0 bridgehead atoms. The maximum atomic E-state index is 13.8. The Morgan fingerprint density at radius 3 is 2.07 bits per heavy atom. The third kappa shape index (κ3) is 2.02. The minimum atomic E-state index is -4.21. The number of nitrogens with zero attached hydrogens (tertiary/aromatic N) is 2. The van der Waals surface area contributed by atoms with Crippen LogP contribution in [0.5, 0.6) is 0 Å². The number of carbonyl (C=O) groups is 2. The largest absolute Gasteiger partial charge is 0.312 e. The number of rotatable bonds is 2. The van der Waals surface area contributed by atoms with Crippen LogP contribution in [0.3, 0.4) is 0 Å². The molecule has 5 rings (SSSR count). The fourth-order valence-electron chi connectivity index (χ4n) is 4.27. The molecule has 3 aromatic rings. The van der Waals surface area contributed by atoms with Crippen LogP contribution in [0, 0.1) is 0 Å². The molecule has 1 amide bonds. The smallest absolute Gasteiger partial charge is 0.266 e. The van der Waals surface area contributed by atoms with Crippen molar-refractivity contribution in [3.05, 3.63) is 90.0 Å². The monoisotopic (exact) mass is 404 g/mol. The number of sulfonamides is 1. The van der Waals surface area contributed by atoms with E-state index in [0.29, 0.717) is 11.3 Å². The van der Waals surface area contributed by atoms with Gasteiger partial charge in [0.25, 0.3) is 15.9 Å². The average molecular weight is 404 g/mol. The average Bonchev–Trinajstić information content (AvgIpc) is 3.15. The lowest BCUT2D eigenvalue weighted by atomic mass is 9.87. The number of hydrogen-bond acceptors (Lipinski definition) is 4. The number of hydrogen-bond donors (Lipinski definition) is 0. The first-order valence-electron chi connectivity index (χ1n) is 9.04. The van der Waals surface area contributed by atoms with Gasteiger partial charge in [0.15, 0.2) is 0 Å². The molecule has 1 spiro atoms. The Morgan fingerprint density at radius 1 is 0.759 bits per heavy atom. The number of para-hydroxylation sites is 2. The molecule has 144 valence electrons. The second kappa shape index (κ2) is 5.78. The number of benzene rings is 3. The van der Waals surface area contributed by atoms with Crippen LogP contribution in [0.2, 0.25) is 0 Å². The predicted octanol–water partition coefficient (Wildman–Crippen LogP) is 2.95. The molecule has 2 heterocycles. The standard InChI is InChI=1S/C22H16N2O4S/c1-23-19-14-8-6-12-17(19)22(21(23)26)20(25)16-11-5-7-13-18(16)24(22)29(27,28)15-9-3-2-4-10-15/h2-14H,1H3. The summed E-state index contributed by atoms with van der Waals surface area (Å²) in [5.41, 5.74) is -0.672. The summed E-state index contributed by atoms with van der Waals surface area (Å²) in [5, 5.41) is 0. The minimum Gasteiger partial charge on any atom is -0.312 e. The molecule has 3 aromatic carbocycles. The highest BCUT2D eigenvalue weighted by Gasteiger charge is 2.66. The molecule has 0 aromatic heterocycles. The zero-order valence-electron chi connectivity index (χ0n) is 15.4. The van der Waals surface area contributed by atoms with E-state index in [1.165, 1.54) is 17.0 Å². The van der Waals surface area contributed by atoms with Crippen LogP contribution in [0.1, 0.15) is 15.9 Å². The topological polar surface area (TPSA) is 74.8 Å². The summed E-state index contributed by atoms with van der Waals surface area (Å²) in [5.74, 6) is -1.12. The minimum absolute atomic E-state index is 0.0173. The van der Waals surface area contributed by atoms with E-state index in [9.17, 15) is 18.0 Å². The van der Waals surface area contributed by atoms with Gasteiger partial charge in [-0.1, -0.05) is 48.5 Å². The van der Waals surface area contributed by atoms with Crippen LogP contribution in [0.15, 0.2) is 83.8 Å². The lowest BCUT2D eigenvalue weighted by Crippen LogP contribution is -2.56. The zero-order valence-corrected chi connectivity index (χ0v) is 16.3. The fraction of sp³-hybridized carbons (Fsp3) is 0.0909. The summed E-state index contributed by atoms with van der Waals surface area (Å²) in [6.07, 6.45) is 0. The Morgan fingerprint density at radius 2 is 1.34 bits per heavy atom. The van der Waals surface area contributed by atoms with Crippen LogP contribution in [-0.4, -0.2) is 27.2 Å². The molecule has 2 aliphatic heterocycles. The first-order valence-corrected chi connectivity index (χ1v) is 10.5. The van der Waals surface area contributed by atoms with Gasteiger partial charge in [-0.3, -0.25) is 9.59 Å². The van der Waals surface area contributed by atoms with Crippen molar-refractivity contribution in [2.24, 2.45) is 0 Å². The molecule has 0 aliphatic carbocycles. The van der Waals surface area contributed by atoms with Crippen molar-refractivity contribution in [2.75, 3.05) is 16.3 Å². The number of amides is 1. The van der Waals surface area contributed by atoms with E-state index >= 15 is 0 Å². The van der Waals surface area contributed by atoms with Gasteiger partial charge >= 0.3 is 0 Å². The van der Waals surface area contributed by atoms with Crippen LogP contribution < -0.4 is 9.21 Å². The second-order valence-corrected chi connectivity index (χ2v) is 8.81. The molecule has 6 nitrogen and oxygen atoms in total. The molecule has 0 saturated heterocycles. The van der Waals surface area contributed by atoms with Crippen molar-refractivity contribution in [3.63, 3.8) is 0 Å². The highest BCUT2D eigenvalue weighted by Crippen LogP contribution is 2.54. The van der Waals surface area contributed by atoms with E-state index in [4.69, 9.17) is 0 Å². The highest BCUT2D eigenvalue weighted by atomic mass is 32.2. The third-order valence-corrected chi connectivity index (χ3v) is 7.37. The van der Waals surface area contributed by atoms with Crippen LogP contribution in [0.25, 0.3) is 0 Å². The maximum absolute atomic E-state index is 13.8. The van der Waals surface area contributed by atoms with Crippen LogP contribution in [0.4, 0.5) is 11.4 Å². The Labute approximate surface area is 168 Å². The summed E-state index contributed by atoms with van der Waals surface area (Å²) in [6.45, 7) is 0. The Hall–Kier alpha value is -3.45. The molecular formula is C22H16N2O4S. The summed E-state index contributed by atoms with van der Waals surface area (Å²) < 4.78 is 28.5. The Bertz CT molecular complexity index is 1290. The first kappa shape index (κ1) is 17.6. The van der Waals surface area contributed by atoms with Crippen LogP contribution >= 0.6 is 0 Å². The third-order valence-electron chi connectivity index (χ3n) is 5.55. The van der Waals surface area contributed by atoms with Gasteiger partial charge in [0.05, 0.1) is 10.6 Å². The maximum Gasteiger partial charge on any atom is 0.266 e. The van der Waals surface area contributed by atoms with Crippen molar-refractivity contribution in [3.8, 4) is 0 Å². The number of carbonyl (C=O) groups excluding carboxylic acids is 2. The number of fused-ring (bicyclic) bond motifs is 3. The number of anilines is 2. The fourth-order valence-corrected chi connectivity index (χ4v) is 6.02. The van der Waals surface area contributed by atoms with E-state index in [1.807, 2.05) is 0 Å². The molecule has 0 radical (unpaired) electrons. The molecule has 0 saturated carbocycles. The Balaban J connectivity index is 1.90. The van der Waals surface area contributed by atoms with Gasteiger partial charge in [-0.25, -0.2) is 12.7 Å². The lowest BCUT2D eigenvalue weighted by Gasteiger charge is -2.33. The van der Waals surface area contributed by atoms with E-state index in [2.05, 4.69) is 0 Å². The molecule has 7 heteroatoms. The van der Waals surface area contributed by atoms with Gasteiger partial charge in [0.2, 0.25) is 11.3 Å². The van der Waals surface area contributed by atoms with Gasteiger partial charge in [-0.05, 0) is 30.3 Å². The molecule has 0 N–H and O–H groups in total. The van der Waals surface area contributed by atoms with Gasteiger partial charge < -0.3 is 4.90 Å². The quantitative estimate of drug-likeness (QED) is 0.616. The van der Waals surface area contributed by atoms with Crippen molar-refractivity contribution in [2.45, 2.75) is 10.4 Å². The van der Waals surface area contributed by atoms with Gasteiger partial charge in [-0.15, -0.1) is 0 Å². The van der Waals surface area contributed by atoms with E-state index in [1.54, 1.807) is 73.8 Å². The summed E-state index contributed by atoms with van der Waals surface area (Å²) in [4.78, 5) is 28.6. The van der Waals surface area contributed by atoms with Crippen molar-refractivity contribution >= 4 is 33.1 Å². The SMILES string of the molecule is CN1C(=O)C2(C(=O)c3ccccc3N2S(=O)(=O)c2ccccc2)c2ccccc21. The second-order valence-electron chi connectivity index (χ2n) is 7.02. The summed E-state index contributed by atoms with van der Waals surface area (Å²) >= 11 is 0. The van der Waals surface area contributed by atoms with Crippen molar-refractivity contribution < 1.29 is 18.0 Å². The molecule has 2 aliphatic rings. The number of ketones is 1. The van der Waals surface area contributed by atoms with Crippen molar-refractivity contribution in [1.29, 1.82) is 0 Å². The van der Waals surface area contributed by atoms with E-state index in [-0.39, 0.29) is 16.1 Å². The predicted molar refractivity (Wildman–Crippen MR) is 108 cm³/mol. The molecule has 0 fully saturated rings.